The highest BCUT2D eigenvalue weighted by molar-refractivity contribution is 6.68. The highest BCUT2D eigenvalue weighted by Gasteiger charge is 2.66. The summed E-state index contributed by atoms with van der Waals surface area (Å²) < 4.78 is 9.30. The fourth-order valence-corrected chi connectivity index (χ4v) is 3.60. The molecule has 0 unspecified atom stereocenters. The molecule has 96 valence electrons. The highest BCUT2D eigenvalue weighted by atomic mass is 35.6. The van der Waals surface area contributed by atoms with Gasteiger partial charge in [0.25, 0.3) is 0 Å². The molecule has 3 fully saturated rings. The maximum atomic E-state index is 12.2. The summed E-state index contributed by atoms with van der Waals surface area (Å²) in [6, 6.07) is 0. The summed E-state index contributed by atoms with van der Waals surface area (Å²) in [6.45, 7) is 1.92. The monoisotopic (exact) mass is 298 g/mol. The molecule has 0 spiro atoms. The first-order chi connectivity index (χ1) is 7.83. The van der Waals surface area contributed by atoms with Crippen molar-refractivity contribution in [3.8, 4) is 0 Å². The number of esters is 1. The molecule has 0 bridgehead atoms. The van der Waals surface area contributed by atoms with Gasteiger partial charge in [-0.2, -0.15) is 0 Å². The number of carbonyl (C=O) groups excluding carboxylic acids is 1. The maximum absolute atomic E-state index is 12.2. The van der Waals surface area contributed by atoms with Crippen molar-refractivity contribution < 1.29 is 14.3 Å². The molecular formula is C11H13Cl3O3. The van der Waals surface area contributed by atoms with Crippen LogP contribution in [-0.4, -0.2) is 28.1 Å². The van der Waals surface area contributed by atoms with Gasteiger partial charge in [0, 0.05) is 0 Å². The molecule has 2 heterocycles. The van der Waals surface area contributed by atoms with Crippen LogP contribution in [0.4, 0.5) is 0 Å². The van der Waals surface area contributed by atoms with Gasteiger partial charge in [-0.15, -0.1) is 0 Å². The number of alkyl halides is 3. The Balaban J connectivity index is 1.86. The van der Waals surface area contributed by atoms with Crippen LogP contribution >= 0.6 is 34.8 Å². The van der Waals surface area contributed by atoms with Crippen LogP contribution in [0.25, 0.3) is 0 Å². The number of fused-ring (bicyclic) bond motifs is 3. The summed E-state index contributed by atoms with van der Waals surface area (Å²) >= 11 is 17.5. The predicted molar refractivity (Wildman–Crippen MR) is 64.3 cm³/mol. The van der Waals surface area contributed by atoms with Crippen molar-refractivity contribution in [1.29, 1.82) is 0 Å². The third-order valence-corrected chi connectivity index (χ3v) is 5.10. The third-order valence-electron chi connectivity index (χ3n) is 4.37. The van der Waals surface area contributed by atoms with E-state index < -0.39 is 15.3 Å². The molecule has 1 saturated carbocycles. The molecule has 6 heteroatoms. The van der Waals surface area contributed by atoms with E-state index in [1.807, 2.05) is 6.92 Å². The fourth-order valence-electron chi connectivity index (χ4n) is 3.20. The molecule has 2 saturated heterocycles. The molecule has 5 atom stereocenters. The van der Waals surface area contributed by atoms with Gasteiger partial charge in [0.1, 0.15) is 12.2 Å². The van der Waals surface area contributed by atoms with Crippen LogP contribution in [0.5, 0.6) is 0 Å². The van der Waals surface area contributed by atoms with Gasteiger partial charge >= 0.3 is 5.97 Å². The van der Waals surface area contributed by atoms with E-state index >= 15 is 0 Å². The summed E-state index contributed by atoms with van der Waals surface area (Å²) in [5.41, 5.74) is -0.546. The smallest absolute Gasteiger partial charge is 0.315 e. The van der Waals surface area contributed by atoms with Gasteiger partial charge in [0.15, 0.2) is 0 Å². The topological polar surface area (TPSA) is 38.8 Å². The molecule has 3 aliphatic rings. The van der Waals surface area contributed by atoms with Crippen molar-refractivity contribution in [2.45, 2.75) is 48.3 Å². The van der Waals surface area contributed by atoms with Crippen LogP contribution in [0.2, 0.25) is 0 Å². The van der Waals surface area contributed by atoms with E-state index in [1.54, 1.807) is 0 Å². The summed E-state index contributed by atoms with van der Waals surface area (Å²) in [5.74, 6) is -0.0922. The van der Waals surface area contributed by atoms with E-state index in [0.717, 1.165) is 12.8 Å². The first-order valence-corrected chi connectivity index (χ1v) is 6.90. The Morgan fingerprint density at radius 1 is 1.35 bits per heavy atom. The third kappa shape index (κ3) is 1.78. The highest BCUT2D eigenvalue weighted by Crippen LogP contribution is 2.57. The Hall–Kier alpha value is 0.300. The summed E-state index contributed by atoms with van der Waals surface area (Å²) in [7, 11) is 0. The Labute approximate surface area is 115 Å². The summed E-state index contributed by atoms with van der Waals surface area (Å²) in [4.78, 5) is 12.2. The van der Waals surface area contributed by atoms with Gasteiger partial charge < -0.3 is 9.47 Å². The maximum Gasteiger partial charge on any atom is 0.315 e. The lowest BCUT2D eigenvalue weighted by Crippen LogP contribution is -2.54. The molecule has 17 heavy (non-hydrogen) atoms. The minimum absolute atomic E-state index is 0.00470. The Morgan fingerprint density at radius 3 is 2.71 bits per heavy atom. The number of hydrogen-bond acceptors (Lipinski definition) is 3. The number of hydrogen-bond donors (Lipinski definition) is 0. The van der Waals surface area contributed by atoms with Gasteiger partial charge in [0.2, 0.25) is 3.79 Å². The normalized spacial score (nSPS) is 49.1. The van der Waals surface area contributed by atoms with Crippen LogP contribution < -0.4 is 0 Å². The van der Waals surface area contributed by atoms with E-state index in [1.165, 1.54) is 0 Å². The average Bonchev–Trinajstić information content (AvgIpc) is 2.98. The second-order valence-electron chi connectivity index (χ2n) is 5.32. The zero-order valence-corrected chi connectivity index (χ0v) is 11.6. The molecular weight excluding hydrogens is 286 g/mol. The molecule has 0 radical (unpaired) electrons. The van der Waals surface area contributed by atoms with Crippen molar-refractivity contribution >= 4 is 40.8 Å². The van der Waals surface area contributed by atoms with Crippen LogP contribution in [0, 0.1) is 11.3 Å². The lowest BCUT2D eigenvalue weighted by molar-refractivity contribution is -0.178. The molecule has 0 aromatic rings. The van der Waals surface area contributed by atoms with Gasteiger partial charge in [-0.25, -0.2) is 0 Å². The molecule has 0 aromatic heterocycles. The number of halogens is 3. The van der Waals surface area contributed by atoms with E-state index in [9.17, 15) is 4.79 Å². The Kier molecular flexibility index (Phi) is 2.65. The minimum atomic E-state index is -1.54. The molecule has 3 rings (SSSR count). The number of ether oxygens (including phenoxy) is 2. The molecule has 0 N–H and O–H groups in total. The predicted octanol–water partition coefficient (Wildman–Crippen LogP) is 2.86. The van der Waals surface area contributed by atoms with E-state index in [2.05, 4.69) is 0 Å². The first-order valence-electron chi connectivity index (χ1n) is 5.76. The molecule has 2 aliphatic heterocycles. The van der Waals surface area contributed by atoms with E-state index in [0.29, 0.717) is 6.42 Å². The lowest BCUT2D eigenvalue weighted by Gasteiger charge is -2.45. The Morgan fingerprint density at radius 2 is 2.06 bits per heavy atom. The van der Waals surface area contributed by atoms with Gasteiger partial charge in [0.05, 0.1) is 11.5 Å². The van der Waals surface area contributed by atoms with Crippen LogP contribution in [0.15, 0.2) is 0 Å². The van der Waals surface area contributed by atoms with Crippen LogP contribution in [0.3, 0.4) is 0 Å². The second kappa shape index (κ2) is 3.66. The number of carbonyl (C=O) groups is 1. The molecule has 3 nitrogen and oxygen atoms in total. The van der Waals surface area contributed by atoms with E-state index in [4.69, 9.17) is 44.3 Å². The fraction of sp³-hybridized carbons (Fsp3) is 0.909. The SMILES string of the molecule is C[C@]12C(=O)O[C@@H](C(Cl)(Cl)Cl)C[C@@H]1CC[C@H]1O[C@H]12. The van der Waals surface area contributed by atoms with Crippen molar-refractivity contribution in [2.24, 2.45) is 11.3 Å². The van der Waals surface area contributed by atoms with Crippen LogP contribution in [-0.2, 0) is 14.3 Å². The summed E-state index contributed by atoms with van der Waals surface area (Å²) in [6.07, 6.45) is 2.12. The summed E-state index contributed by atoms with van der Waals surface area (Å²) in [5, 5.41) is 0. The first kappa shape index (κ1) is 12.3. The average molecular weight is 300 g/mol. The zero-order chi connectivity index (χ0) is 12.4. The lowest BCUT2D eigenvalue weighted by atomic mass is 9.64. The van der Waals surface area contributed by atoms with Gasteiger partial charge in [-0.1, -0.05) is 34.8 Å². The standard InChI is InChI=1S/C11H13Cl3O3/c1-10-5(2-3-6-8(10)16-6)4-7(11(12,13)14)17-9(10)15/h5-8H,2-4H2,1H3/t5-,6+,7+,8+,10-/m0/s1. The minimum Gasteiger partial charge on any atom is -0.457 e. The van der Waals surface area contributed by atoms with Crippen molar-refractivity contribution in [1.82, 2.24) is 0 Å². The largest absolute Gasteiger partial charge is 0.457 e. The van der Waals surface area contributed by atoms with Gasteiger partial charge in [-0.05, 0) is 32.1 Å². The molecule has 0 aromatic carbocycles. The zero-order valence-electron chi connectivity index (χ0n) is 9.29. The van der Waals surface area contributed by atoms with Crippen molar-refractivity contribution in [3.63, 3.8) is 0 Å². The number of epoxide rings is 1. The number of cyclic esters (lactones) is 1. The molecule has 1 aliphatic carbocycles. The van der Waals surface area contributed by atoms with Gasteiger partial charge in [-0.3, -0.25) is 4.79 Å². The Bertz CT molecular complexity index is 367. The van der Waals surface area contributed by atoms with Crippen molar-refractivity contribution in [3.05, 3.63) is 0 Å². The van der Waals surface area contributed by atoms with Crippen molar-refractivity contribution in [2.75, 3.05) is 0 Å². The number of rotatable bonds is 0. The quantitative estimate of drug-likeness (QED) is 0.392. The second-order valence-corrected chi connectivity index (χ2v) is 7.69. The van der Waals surface area contributed by atoms with Crippen LogP contribution in [0.1, 0.15) is 26.2 Å². The molecule has 0 amide bonds. The van der Waals surface area contributed by atoms with E-state index in [-0.39, 0.29) is 24.1 Å².